The van der Waals surface area contributed by atoms with Gasteiger partial charge in [0, 0.05) is 5.92 Å². The summed E-state index contributed by atoms with van der Waals surface area (Å²) in [5, 5.41) is 12.0. The summed E-state index contributed by atoms with van der Waals surface area (Å²) in [4.78, 5) is 23.6. The molecule has 1 atom stereocenters. The molecule has 1 amide bonds. The van der Waals surface area contributed by atoms with E-state index < -0.39 is 17.4 Å². The predicted molar refractivity (Wildman–Crippen MR) is 76.4 cm³/mol. The molecule has 0 radical (unpaired) electrons. The third kappa shape index (κ3) is 3.00. The van der Waals surface area contributed by atoms with Crippen molar-refractivity contribution in [3.63, 3.8) is 0 Å². The highest BCUT2D eigenvalue weighted by Crippen LogP contribution is 2.27. The Bertz CT molecular complexity index is 506. The molecule has 1 aromatic rings. The maximum atomic E-state index is 12.3. The molecule has 0 bridgehead atoms. The summed E-state index contributed by atoms with van der Waals surface area (Å²) in [7, 11) is 0. The lowest BCUT2D eigenvalue weighted by Gasteiger charge is -2.28. The predicted octanol–water partition coefficient (Wildman–Crippen LogP) is 2.02. The number of benzene rings is 1. The fourth-order valence-corrected chi connectivity index (χ4v) is 2.65. The lowest BCUT2D eigenvalue weighted by Crippen LogP contribution is -2.50. The zero-order valence-corrected chi connectivity index (χ0v) is 12.1. The topological polar surface area (TPSA) is 66.4 Å². The maximum absolute atomic E-state index is 12.3. The van der Waals surface area contributed by atoms with Crippen LogP contribution in [0.25, 0.3) is 0 Å². The van der Waals surface area contributed by atoms with E-state index in [4.69, 9.17) is 0 Å². The van der Waals surface area contributed by atoms with Gasteiger partial charge >= 0.3 is 5.97 Å². The van der Waals surface area contributed by atoms with Crippen molar-refractivity contribution in [1.82, 2.24) is 5.32 Å². The monoisotopic (exact) mass is 275 g/mol. The number of carbonyl (C=O) groups is 2. The molecule has 4 heteroatoms. The van der Waals surface area contributed by atoms with Crippen molar-refractivity contribution in [2.75, 3.05) is 0 Å². The minimum Gasteiger partial charge on any atom is -0.480 e. The molecule has 2 rings (SSSR count). The van der Waals surface area contributed by atoms with Crippen molar-refractivity contribution in [2.24, 2.45) is 11.3 Å². The largest absolute Gasteiger partial charge is 0.480 e. The Labute approximate surface area is 119 Å². The van der Waals surface area contributed by atoms with Gasteiger partial charge in [0.25, 0.3) is 0 Å². The number of hydrogen-bond donors (Lipinski definition) is 2. The lowest BCUT2D eigenvalue weighted by atomic mass is 9.86. The van der Waals surface area contributed by atoms with Crippen LogP contribution in [0.1, 0.15) is 31.9 Å². The van der Waals surface area contributed by atoms with Crippen LogP contribution in [0.2, 0.25) is 0 Å². The first-order chi connectivity index (χ1) is 9.29. The second kappa shape index (κ2) is 5.27. The molecule has 1 aromatic carbocycles. The van der Waals surface area contributed by atoms with Crippen LogP contribution in [0.3, 0.4) is 0 Å². The molecule has 1 aliphatic rings. The molecule has 1 aliphatic carbocycles. The summed E-state index contributed by atoms with van der Waals surface area (Å²) in [5.41, 5.74) is 1.87. The first-order valence-corrected chi connectivity index (χ1v) is 6.89. The average Bonchev–Trinajstić information content (AvgIpc) is 2.77. The summed E-state index contributed by atoms with van der Waals surface area (Å²) < 4.78 is 0. The third-order valence-corrected chi connectivity index (χ3v) is 3.82. The molecule has 4 nitrogen and oxygen atoms in total. The van der Waals surface area contributed by atoms with Gasteiger partial charge in [0.2, 0.25) is 5.91 Å². The van der Waals surface area contributed by atoms with Crippen LogP contribution in [-0.4, -0.2) is 23.0 Å². The number of carboxylic acids is 1. The van der Waals surface area contributed by atoms with Crippen molar-refractivity contribution in [1.29, 1.82) is 0 Å². The molecule has 0 heterocycles. The Hall–Kier alpha value is -1.84. The molecular formula is C16H21NO3. The highest BCUT2D eigenvalue weighted by Gasteiger charge is 2.35. The van der Waals surface area contributed by atoms with Crippen LogP contribution in [0, 0.1) is 11.3 Å². The van der Waals surface area contributed by atoms with Gasteiger partial charge in [-0.15, -0.1) is 0 Å². The van der Waals surface area contributed by atoms with Crippen molar-refractivity contribution in [3.8, 4) is 0 Å². The van der Waals surface area contributed by atoms with Crippen molar-refractivity contribution >= 4 is 11.9 Å². The van der Waals surface area contributed by atoms with Gasteiger partial charge in [-0.05, 0) is 29.4 Å². The smallest absolute Gasteiger partial charge is 0.326 e. The van der Waals surface area contributed by atoms with Crippen molar-refractivity contribution < 1.29 is 14.7 Å². The van der Waals surface area contributed by atoms with Crippen molar-refractivity contribution in [2.45, 2.75) is 39.7 Å². The summed E-state index contributed by atoms with van der Waals surface area (Å²) >= 11 is 0. The van der Waals surface area contributed by atoms with E-state index >= 15 is 0 Å². The first-order valence-electron chi connectivity index (χ1n) is 6.89. The molecule has 108 valence electrons. The fraction of sp³-hybridized carbons (Fsp3) is 0.500. The van der Waals surface area contributed by atoms with Gasteiger partial charge in [-0.2, -0.15) is 0 Å². The average molecular weight is 275 g/mol. The molecule has 0 unspecified atom stereocenters. The van der Waals surface area contributed by atoms with E-state index in [2.05, 4.69) is 5.32 Å². The van der Waals surface area contributed by atoms with E-state index in [-0.39, 0.29) is 11.8 Å². The van der Waals surface area contributed by atoms with Gasteiger partial charge in [0.1, 0.15) is 6.04 Å². The second-order valence-electron chi connectivity index (χ2n) is 6.52. The standard InChI is InChI=1S/C16H21NO3/c1-16(2,3)13(15(19)20)17-14(18)12-8-10-6-4-5-7-11(10)9-12/h4-7,12-13H,8-9H2,1-3H3,(H,17,18)(H,19,20)/t13-/m0/s1. The van der Waals surface area contributed by atoms with Gasteiger partial charge in [0.15, 0.2) is 0 Å². The second-order valence-corrected chi connectivity index (χ2v) is 6.52. The quantitative estimate of drug-likeness (QED) is 0.887. The van der Waals surface area contributed by atoms with E-state index in [1.165, 1.54) is 11.1 Å². The number of carboxylic acid groups (broad SMARTS) is 1. The Balaban J connectivity index is 2.05. The SMILES string of the molecule is CC(C)(C)[C@@H](NC(=O)C1Cc2ccccc2C1)C(=O)O. The maximum Gasteiger partial charge on any atom is 0.326 e. The number of amides is 1. The fourth-order valence-electron chi connectivity index (χ4n) is 2.65. The molecule has 0 aromatic heterocycles. The van der Waals surface area contributed by atoms with Crippen LogP contribution in [0.4, 0.5) is 0 Å². The van der Waals surface area contributed by atoms with Crippen LogP contribution in [0.5, 0.6) is 0 Å². The minimum absolute atomic E-state index is 0.156. The third-order valence-electron chi connectivity index (χ3n) is 3.82. The molecule has 0 saturated carbocycles. The Morgan fingerprint density at radius 1 is 1.20 bits per heavy atom. The van der Waals surface area contributed by atoms with Crippen LogP contribution < -0.4 is 5.32 Å². The Kier molecular flexibility index (Phi) is 3.84. The number of rotatable bonds is 3. The highest BCUT2D eigenvalue weighted by atomic mass is 16.4. The zero-order chi connectivity index (χ0) is 14.9. The van der Waals surface area contributed by atoms with Crippen LogP contribution in [-0.2, 0) is 22.4 Å². The molecule has 0 spiro atoms. The summed E-state index contributed by atoms with van der Waals surface area (Å²) in [5.74, 6) is -1.30. The number of hydrogen-bond acceptors (Lipinski definition) is 2. The summed E-state index contributed by atoms with van der Waals surface area (Å²) in [6.45, 7) is 5.44. The van der Waals surface area contributed by atoms with E-state index in [1.54, 1.807) is 0 Å². The van der Waals surface area contributed by atoms with Gasteiger partial charge < -0.3 is 10.4 Å². The first kappa shape index (κ1) is 14.6. The minimum atomic E-state index is -0.985. The summed E-state index contributed by atoms with van der Waals surface area (Å²) in [6.07, 6.45) is 1.39. The summed E-state index contributed by atoms with van der Waals surface area (Å²) in [6, 6.07) is 7.13. The Morgan fingerprint density at radius 3 is 2.10 bits per heavy atom. The molecular weight excluding hydrogens is 254 g/mol. The number of nitrogens with one attached hydrogen (secondary N) is 1. The van der Waals surface area contributed by atoms with Crippen LogP contribution >= 0.6 is 0 Å². The van der Waals surface area contributed by atoms with E-state index in [9.17, 15) is 14.7 Å². The van der Waals surface area contributed by atoms with Crippen molar-refractivity contribution in [3.05, 3.63) is 35.4 Å². The number of carbonyl (C=O) groups excluding carboxylic acids is 1. The van der Waals surface area contributed by atoms with E-state index in [1.807, 2.05) is 45.0 Å². The highest BCUT2D eigenvalue weighted by molar-refractivity contribution is 5.86. The lowest BCUT2D eigenvalue weighted by molar-refractivity contribution is -0.145. The van der Waals surface area contributed by atoms with Gasteiger partial charge in [-0.3, -0.25) is 4.79 Å². The van der Waals surface area contributed by atoms with Gasteiger partial charge in [-0.1, -0.05) is 45.0 Å². The molecule has 0 saturated heterocycles. The van der Waals surface area contributed by atoms with Gasteiger partial charge in [0.05, 0.1) is 0 Å². The molecule has 2 N–H and O–H groups in total. The number of fused-ring (bicyclic) bond motifs is 1. The molecule has 0 fully saturated rings. The molecule has 0 aliphatic heterocycles. The number of aliphatic carboxylic acids is 1. The van der Waals surface area contributed by atoms with Gasteiger partial charge in [-0.25, -0.2) is 4.79 Å². The zero-order valence-electron chi connectivity index (χ0n) is 12.1. The molecule has 20 heavy (non-hydrogen) atoms. The van der Waals surface area contributed by atoms with E-state index in [0.29, 0.717) is 12.8 Å². The Morgan fingerprint density at radius 2 is 1.70 bits per heavy atom. The van der Waals surface area contributed by atoms with Crippen LogP contribution in [0.15, 0.2) is 24.3 Å². The van der Waals surface area contributed by atoms with E-state index in [0.717, 1.165) is 0 Å². The normalized spacial score (nSPS) is 16.6.